The highest BCUT2D eigenvalue weighted by Crippen LogP contribution is 2.21. The van der Waals surface area contributed by atoms with Crippen LogP contribution in [0, 0.1) is 12.8 Å². The van der Waals surface area contributed by atoms with Gasteiger partial charge in [0.1, 0.15) is 0 Å². The first kappa shape index (κ1) is 11.1. The molecule has 2 heterocycles. The molecule has 1 aliphatic rings. The van der Waals surface area contributed by atoms with E-state index in [0.29, 0.717) is 0 Å². The first-order chi connectivity index (χ1) is 7.28. The van der Waals surface area contributed by atoms with Crippen molar-refractivity contribution in [3.05, 3.63) is 21.9 Å². The number of thiophene rings is 1. The summed E-state index contributed by atoms with van der Waals surface area (Å²) in [6, 6.07) is 4.49. The summed E-state index contributed by atoms with van der Waals surface area (Å²) in [6.07, 6.45) is 1.35. The zero-order valence-electron chi connectivity index (χ0n) is 9.62. The highest BCUT2D eigenvalue weighted by molar-refractivity contribution is 7.11. The van der Waals surface area contributed by atoms with E-state index < -0.39 is 0 Å². The molecule has 0 bridgehead atoms. The standard InChI is InChI=1S/C12H20N2S/c1-10-3-4-12(15-10)9-14-6-5-11(8-14)7-13-2/h3-4,11,13H,5-9H2,1-2H3. The van der Waals surface area contributed by atoms with Crippen LogP contribution in [0.3, 0.4) is 0 Å². The van der Waals surface area contributed by atoms with Gasteiger partial charge < -0.3 is 5.32 Å². The van der Waals surface area contributed by atoms with Crippen LogP contribution in [0.2, 0.25) is 0 Å². The highest BCUT2D eigenvalue weighted by Gasteiger charge is 2.21. The third kappa shape index (κ3) is 3.03. The van der Waals surface area contributed by atoms with Gasteiger partial charge in [0.2, 0.25) is 0 Å². The van der Waals surface area contributed by atoms with Crippen molar-refractivity contribution < 1.29 is 0 Å². The molecule has 3 heteroatoms. The van der Waals surface area contributed by atoms with Crippen molar-refractivity contribution in [3.8, 4) is 0 Å². The third-order valence-corrected chi connectivity index (χ3v) is 4.02. The molecule has 2 nitrogen and oxygen atoms in total. The summed E-state index contributed by atoms with van der Waals surface area (Å²) < 4.78 is 0. The summed E-state index contributed by atoms with van der Waals surface area (Å²) in [5, 5.41) is 3.27. The Morgan fingerprint density at radius 2 is 2.40 bits per heavy atom. The molecule has 1 N–H and O–H groups in total. The molecular weight excluding hydrogens is 204 g/mol. The Bertz CT molecular complexity index is 308. The average Bonchev–Trinajstić information content (AvgIpc) is 2.78. The van der Waals surface area contributed by atoms with E-state index in [0.717, 1.165) is 12.5 Å². The van der Waals surface area contributed by atoms with Gasteiger partial charge in [-0.25, -0.2) is 0 Å². The second-order valence-corrected chi connectivity index (χ2v) is 5.83. The van der Waals surface area contributed by atoms with Crippen LogP contribution in [0.4, 0.5) is 0 Å². The summed E-state index contributed by atoms with van der Waals surface area (Å²) in [7, 11) is 2.05. The SMILES string of the molecule is CNCC1CCN(Cc2ccc(C)s2)C1. The van der Waals surface area contributed by atoms with Crippen molar-refractivity contribution in [1.82, 2.24) is 10.2 Å². The molecule has 1 fully saturated rings. The number of likely N-dealkylation sites (tertiary alicyclic amines) is 1. The van der Waals surface area contributed by atoms with E-state index in [9.17, 15) is 0 Å². The fraction of sp³-hybridized carbons (Fsp3) is 0.667. The number of nitrogens with one attached hydrogen (secondary N) is 1. The minimum atomic E-state index is 0.857. The minimum absolute atomic E-state index is 0.857. The lowest BCUT2D eigenvalue weighted by atomic mass is 10.1. The van der Waals surface area contributed by atoms with E-state index in [-0.39, 0.29) is 0 Å². The van der Waals surface area contributed by atoms with Crippen LogP contribution in [0.5, 0.6) is 0 Å². The van der Waals surface area contributed by atoms with Gasteiger partial charge in [-0.15, -0.1) is 11.3 Å². The maximum Gasteiger partial charge on any atom is 0.0328 e. The van der Waals surface area contributed by atoms with Crippen molar-refractivity contribution in [3.63, 3.8) is 0 Å². The van der Waals surface area contributed by atoms with Crippen LogP contribution < -0.4 is 5.32 Å². The molecule has 0 spiro atoms. The van der Waals surface area contributed by atoms with Gasteiger partial charge in [0.15, 0.2) is 0 Å². The van der Waals surface area contributed by atoms with Crippen molar-refractivity contribution >= 4 is 11.3 Å². The predicted molar refractivity (Wildman–Crippen MR) is 66.4 cm³/mol. The quantitative estimate of drug-likeness (QED) is 0.842. The van der Waals surface area contributed by atoms with E-state index >= 15 is 0 Å². The second-order valence-electron chi connectivity index (χ2n) is 4.46. The summed E-state index contributed by atoms with van der Waals surface area (Å²) in [5.74, 6) is 0.857. The van der Waals surface area contributed by atoms with Gasteiger partial charge in [0.25, 0.3) is 0 Å². The van der Waals surface area contributed by atoms with Gasteiger partial charge in [-0.1, -0.05) is 0 Å². The normalized spacial score (nSPS) is 22.4. The van der Waals surface area contributed by atoms with Gasteiger partial charge in [0.05, 0.1) is 0 Å². The molecule has 0 saturated carbocycles. The average molecular weight is 224 g/mol. The molecule has 1 aliphatic heterocycles. The van der Waals surface area contributed by atoms with Gasteiger partial charge in [-0.05, 0) is 51.5 Å². The lowest BCUT2D eigenvalue weighted by Crippen LogP contribution is -2.24. The largest absolute Gasteiger partial charge is 0.319 e. The molecule has 2 rings (SSSR count). The Morgan fingerprint density at radius 3 is 3.07 bits per heavy atom. The van der Waals surface area contributed by atoms with Crippen LogP contribution in [0.25, 0.3) is 0 Å². The fourth-order valence-corrected chi connectivity index (χ4v) is 3.24. The molecule has 1 unspecified atom stereocenters. The van der Waals surface area contributed by atoms with E-state index in [1.54, 1.807) is 0 Å². The Hall–Kier alpha value is -0.380. The number of aryl methyl sites for hydroxylation is 1. The van der Waals surface area contributed by atoms with Gasteiger partial charge in [0, 0.05) is 22.8 Å². The minimum Gasteiger partial charge on any atom is -0.319 e. The molecule has 0 radical (unpaired) electrons. The maximum absolute atomic E-state index is 3.27. The van der Waals surface area contributed by atoms with Crippen molar-refractivity contribution in [2.24, 2.45) is 5.92 Å². The Kier molecular flexibility index (Phi) is 3.78. The number of hydrogen-bond acceptors (Lipinski definition) is 3. The van der Waals surface area contributed by atoms with Gasteiger partial charge in [-0.2, -0.15) is 0 Å². The highest BCUT2D eigenvalue weighted by atomic mass is 32.1. The predicted octanol–water partition coefficient (Wildman–Crippen LogP) is 2.10. The van der Waals surface area contributed by atoms with E-state index in [4.69, 9.17) is 0 Å². The second kappa shape index (κ2) is 5.10. The first-order valence-electron chi connectivity index (χ1n) is 5.70. The Morgan fingerprint density at radius 1 is 1.53 bits per heavy atom. The van der Waals surface area contributed by atoms with Crippen molar-refractivity contribution in [2.45, 2.75) is 19.9 Å². The molecule has 1 saturated heterocycles. The molecule has 84 valence electrons. The molecule has 15 heavy (non-hydrogen) atoms. The zero-order valence-corrected chi connectivity index (χ0v) is 10.4. The van der Waals surface area contributed by atoms with Crippen LogP contribution in [-0.2, 0) is 6.54 Å². The van der Waals surface area contributed by atoms with Gasteiger partial charge >= 0.3 is 0 Å². The number of nitrogens with zero attached hydrogens (tertiary/aromatic N) is 1. The van der Waals surface area contributed by atoms with E-state index in [2.05, 4.69) is 29.3 Å². The summed E-state index contributed by atoms with van der Waals surface area (Å²) >= 11 is 1.93. The Labute approximate surface area is 96.3 Å². The smallest absolute Gasteiger partial charge is 0.0328 e. The molecule has 0 aromatic carbocycles. The number of rotatable bonds is 4. The van der Waals surface area contributed by atoms with Crippen molar-refractivity contribution in [1.29, 1.82) is 0 Å². The topological polar surface area (TPSA) is 15.3 Å². The summed E-state index contributed by atoms with van der Waals surface area (Å²) in [5.41, 5.74) is 0. The van der Waals surface area contributed by atoms with Crippen LogP contribution >= 0.6 is 11.3 Å². The molecule has 1 aromatic heterocycles. The molecule has 1 aromatic rings. The van der Waals surface area contributed by atoms with E-state index in [1.807, 2.05) is 18.4 Å². The molecule has 0 amide bonds. The molecular formula is C12H20N2S. The Balaban J connectivity index is 1.82. The van der Waals surface area contributed by atoms with Crippen LogP contribution in [-0.4, -0.2) is 31.6 Å². The van der Waals surface area contributed by atoms with Crippen LogP contribution in [0.1, 0.15) is 16.2 Å². The lowest BCUT2D eigenvalue weighted by molar-refractivity contribution is 0.318. The van der Waals surface area contributed by atoms with Crippen LogP contribution in [0.15, 0.2) is 12.1 Å². The first-order valence-corrected chi connectivity index (χ1v) is 6.52. The number of hydrogen-bond donors (Lipinski definition) is 1. The fourth-order valence-electron chi connectivity index (χ4n) is 2.30. The van der Waals surface area contributed by atoms with Gasteiger partial charge in [-0.3, -0.25) is 4.90 Å². The zero-order chi connectivity index (χ0) is 10.7. The third-order valence-electron chi connectivity index (χ3n) is 3.04. The maximum atomic E-state index is 3.27. The van der Waals surface area contributed by atoms with Crippen molar-refractivity contribution in [2.75, 3.05) is 26.7 Å². The molecule has 1 atom stereocenters. The summed E-state index contributed by atoms with van der Waals surface area (Å²) in [4.78, 5) is 5.52. The van der Waals surface area contributed by atoms with E-state index in [1.165, 1.54) is 35.8 Å². The molecule has 0 aliphatic carbocycles. The lowest BCUT2D eigenvalue weighted by Gasteiger charge is -2.14. The summed E-state index contributed by atoms with van der Waals surface area (Å²) in [6.45, 7) is 7.03. The monoisotopic (exact) mass is 224 g/mol.